The molecule has 1 aliphatic rings. The molecule has 0 spiro atoms. The van der Waals surface area contributed by atoms with Crippen LogP contribution in [-0.4, -0.2) is 29.2 Å². The Labute approximate surface area is 113 Å². The van der Waals surface area contributed by atoms with Gasteiger partial charge in [0.15, 0.2) is 0 Å². The lowest BCUT2D eigenvalue weighted by Crippen LogP contribution is -2.33. The van der Waals surface area contributed by atoms with E-state index in [1.165, 1.54) is 11.1 Å². The van der Waals surface area contributed by atoms with Crippen LogP contribution in [0, 0.1) is 0 Å². The first kappa shape index (κ1) is 12.4. The highest BCUT2D eigenvalue weighted by molar-refractivity contribution is 5.27. The van der Waals surface area contributed by atoms with E-state index in [1.54, 1.807) is 0 Å². The highest BCUT2D eigenvalue weighted by atomic mass is 16.5. The van der Waals surface area contributed by atoms with Gasteiger partial charge in [0.05, 0.1) is 12.7 Å². The number of hydrogen-bond donors (Lipinski definition) is 1. The maximum absolute atomic E-state index is 5.75. The molecule has 1 atom stereocenters. The highest BCUT2D eigenvalue weighted by Gasteiger charge is 2.15. The normalized spacial score (nSPS) is 19.5. The van der Waals surface area contributed by atoms with Gasteiger partial charge in [-0.05, 0) is 11.1 Å². The molecular weight excluding hydrogens is 238 g/mol. The Morgan fingerprint density at radius 1 is 1.37 bits per heavy atom. The van der Waals surface area contributed by atoms with Crippen LogP contribution in [-0.2, 0) is 18.2 Å². The molecule has 2 aromatic rings. The van der Waals surface area contributed by atoms with E-state index < -0.39 is 0 Å². The van der Waals surface area contributed by atoms with Gasteiger partial charge in [0.1, 0.15) is 5.82 Å². The summed E-state index contributed by atoms with van der Waals surface area (Å²) in [5.74, 6) is 1.09. The summed E-state index contributed by atoms with van der Waals surface area (Å²) < 4.78 is 7.81. The number of ether oxygens (including phenoxy) is 1. The Hall–Kier alpha value is -1.65. The van der Waals surface area contributed by atoms with E-state index >= 15 is 0 Å². The zero-order valence-electron chi connectivity index (χ0n) is 11.2. The Bertz CT molecular complexity index is 527. The van der Waals surface area contributed by atoms with E-state index in [0.717, 1.165) is 31.9 Å². The lowest BCUT2D eigenvalue weighted by atomic mass is 10.0. The molecule has 4 nitrogen and oxygen atoms in total. The molecule has 1 saturated heterocycles. The van der Waals surface area contributed by atoms with Crippen LogP contribution < -0.4 is 5.32 Å². The number of aryl methyl sites for hydroxylation is 1. The van der Waals surface area contributed by atoms with Gasteiger partial charge < -0.3 is 14.6 Å². The van der Waals surface area contributed by atoms with Crippen LogP contribution in [0.4, 0.5) is 0 Å². The lowest BCUT2D eigenvalue weighted by molar-refractivity contribution is 0.0277. The smallest absolute Gasteiger partial charge is 0.112 e. The molecule has 100 valence electrons. The summed E-state index contributed by atoms with van der Waals surface area (Å²) in [4.78, 5) is 4.35. The number of morpholine rings is 1. The summed E-state index contributed by atoms with van der Waals surface area (Å²) in [7, 11) is 2.03. The molecule has 1 aromatic heterocycles. The molecule has 1 unspecified atom stereocenters. The van der Waals surface area contributed by atoms with Crippen molar-refractivity contribution in [2.45, 2.75) is 12.5 Å². The highest BCUT2D eigenvalue weighted by Crippen LogP contribution is 2.19. The Balaban J connectivity index is 1.70. The molecule has 0 saturated carbocycles. The Morgan fingerprint density at radius 3 is 2.84 bits per heavy atom. The van der Waals surface area contributed by atoms with Crippen molar-refractivity contribution < 1.29 is 4.74 Å². The maximum atomic E-state index is 5.75. The predicted octanol–water partition coefficient (Wildman–Crippen LogP) is 1.67. The monoisotopic (exact) mass is 257 g/mol. The summed E-state index contributed by atoms with van der Waals surface area (Å²) in [6.07, 6.45) is 4.88. The average Bonchev–Trinajstić information content (AvgIpc) is 2.86. The number of imidazole rings is 1. The van der Waals surface area contributed by atoms with Crippen LogP contribution in [0.3, 0.4) is 0 Å². The lowest BCUT2D eigenvalue weighted by Gasteiger charge is -2.24. The van der Waals surface area contributed by atoms with Gasteiger partial charge in [0.2, 0.25) is 0 Å². The van der Waals surface area contributed by atoms with Crippen molar-refractivity contribution in [1.82, 2.24) is 14.9 Å². The minimum absolute atomic E-state index is 0.191. The van der Waals surface area contributed by atoms with E-state index in [0.29, 0.717) is 0 Å². The van der Waals surface area contributed by atoms with Crippen molar-refractivity contribution in [3.8, 4) is 0 Å². The first-order chi connectivity index (χ1) is 9.33. The van der Waals surface area contributed by atoms with Crippen LogP contribution >= 0.6 is 0 Å². The standard InChI is InChI=1S/C15H19N3O/c1-18-8-6-17-15(18)10-12-2-4-13(5-3-12)14-11-16-7-9-19-14/h2-6,8,14,16H,7,9-11H2,1H3. The molecule has 0 radical (unpaired) electrons. The van der Waals surface area contributed by atoms with Crippen LogP contribution in [0.25, 0.3) is 0 Å². The molecule has 0 aliphatic carbocycles. The molecule has 4 heteroatoms. The predicted molar refractivity (Wildman–Crippen MR) is 74.0 cm³/mol. The molecule has 19 heavy (non-hydrogen) atoms. The van der Waals surface area contributed by atoms with Crippen molar-refractivity contribution in [3.05, 3.63) is 53.6 Å². The summed E-state index contributed by atoms with van der Waals surface area (Å²) in [6.45, 7) is 2.64. The van der Waals surface area contributed by atoms with E-state index in [9.17, 15) is 0 Å². The van der Waals surface area contributed by atoms with Crippen LogP contribution in [0.2, 0.25) is 0 Å². The van der Waals surface area contributed by atoms with Crippen LogP contribution in [0.15, 0.2) is 36.7 Å². The van der Waals surface area contributed by atoms with Gasteiger partial charge >= 0.3 is 0 Å². The third-order valence-corrected chi connectivity index (χ3v) is 3.56. The third-order valence-electron chi connectivity index (χ3n) is 3.56. The fraction of sp³-hybridized carbons (Fsp3) is 0.400. The zero-order valence-corrected chi connectivity index (χ0v) is 11.2. The summed E-state index contributed by atoms with van der Waals surface area (Å²) >= 11 is 0. The molecule has 1 fully saturated rings. The first-order valence-corrected chi connectivity index (χ1v) is 6.70. The molecule has 0 amide bonds. The van der Waals surface area contributed by atoms with Gasteiger partial charge in [-0.3, -0.25) is 0 Å². The quantitative estimate of drug-likeness (QED) is 0.909. The van der Waals surface area contributed by atoms with E-state index in [2.05, 4.69) is 39.1 Å². The van der Waals surface area contributed by atoms with Crippen LogP contribution in [0.5, 0.6) is 0 Å². The zero-order chi connectivity index (χ0) is 13.1. The maximum Gasteiger partial charge on any atom is 0.112 e. The van der Waals surface area contributed by atoms with Gasteiger partial charge in [0, 0.05) is 39.0 Å². The number of nitrogens with one attached hydrogen (secondary N) is 1. The van der Waals surface area contributed by atoms with E-state index in [-0.39, 0.29) is 6.10 Å². The van der Waals surface area contributed by atoms with Crippen molar-refractivity contribution >= 4 is 0 Å². The Morgan fingerprint density at radius 2 is 2.21 bits per heavy atom. The van der Waals surface area contributed by atoms with Gasteiger partial charge in [-0.2, -0.15) is 0 Å². The molecule has 1 aliphatic heterocycles. The SMILES string of the molecule is Cn1ccnc1Cc1ccc(C2CNCCO2)cc1. The van der Waals surface area contributed by atoms with Crippen molar-refractivity contribution in [2.24, 2.45) is 7.05 Å². The second-order valence-electron chi connectivity index (χ2n) is 4.94. The molecule has 1 aromatic carbocycles. The fourth-order valence-electron chi connectivity index (χ4n) is 2.38. The topological polar surface area (TPSA) is 39.1 Å². The van der Waals surface area contributed by atoms with Gasteiger partial charge in [0.25, 0.3) is 0 Å². The van der Waals surface area contributed by atoms with Crippen molar-refractivity contribution in [2.75, 3.05) is 19.7 Å². The number of benzene rings is 1. The van der Waals surface area contributed by atoms with Gasteiger partial charge in [-0.1, -0.05) is 24.3 Å². The van der Waals surface area contributed by atoms with E-state index in [4.69, 9.17) is 4.74 Å². The first-order valence-electron chi connectivity index (χ1n) is 6.70. The largest absolute Gasteiger partial charge is 0.371 e. The second-order valence-corrected chi connectivity index (χ2v) is 4.94. The molecule has 0 bridgehead atoms. The average molecular weight is 257 g/mol. The molecule has 2 heterocycles. The summed E-state index contributed by atoms with van der Waals surface area (Å²) in [6, 6.07) is 8.66. The molecule has 1 N–H and O–H groups in total. The van der Waals surface area contributed by atoms with Crippen LogP contribution in [0.1, 0.15) is 23.1 Å². The Kier molecular flexibility index (Phi) is 3.62. The van der Waals surface area contributed by atoms with E-state index in [1.807, 2.05) is 19.4 Å². The number of hydrogen-bond acceptors (Lipinski definition) is 3. The third kappa shape index (κ3) is 2.85. The minimum atomic E-state index is 0.191. The van der Waals surface area contributed by atoms with Gasteiger partial charge in [-0.15, -0.1) is 0 Å². The molecular formula is C15H19N3O. The van der Waals surface area contributed by atoms with Crippen molar-refractivity contribution in [3.63, 3.8) is 0 Å². The molecule has 3 rings (SSSR count). The summed E-state index contributed by atoms with van der Waals surface area (Å²) in [5, 5.41) is 3.35. The number of nitrogens with zero attached hydrogens (tertiary/aromatic N) is 2. The summed E-state index contributed by atoms with van der Waals surface area (Å²) in [5.41, 5.74) is 2.53. The second kappa shape index (κ2) is 5.55. The number of aromatic nitrogens is 2. The van der Waals surface area contributed by atoms with Crippen molar-refractivity contribution in [1.29, 1.82) is 0 Å². The minimum Gasteiger partial charge on any atom is -0.371 e. The number of rotatable bonds is 3. The fourth-order valence-corrected chi connectivity index (χ4v) is 2.38. The van der Waals surface area contributed by atoms with Gasteiger partial charge in [-0.25, -0.2) is 4.98 Å².